The van der Waals surface area contributed by atoms with Crippen LogP contribution >= 0.6 is 0 Å². The van der Waals surface area contributed by atoms with Gasteiger partial charge in [-0.05, 0) is 32.3 Å². The molecule has 8 heteroatoms. The molecule has 0 saturated carbocycles. The molecular weight excluding hydrogens is 412 g/mol. The van der Waals surface area contributed by atoms with Gasteiger partial charge in [-0.1, -0.05) is 44.2 Å². The van der Waals surface area contributed by atoms with E-state index >= 15 is 0 Å². The zero-order valence-electron chi connectivity index (χ0n) is 19.9. The van der Waals surface area contributed by atoms with Gasteiger partial charge < -0.3 is 24.4 Å². The van der Waals surface area contributed by atoms with Gasteiger partial charge in [0.1, 0.15) is 18.2 Å². The first-order valence-corrected chi connectivity index (χ1v) is 11.0. The van der Waals surface area contributed by atoms with E-state index in [9.17, 15) is 19.5 Å². The van der Waals surface area contributed by atoms with Crippen LogP contribution in [0, 0.1) is 17.8 Å². The molecule has 1 heterocycles. The SMILES string of the molecule is CC(C)[C@@H](C(=O)OCc1ccccc1)N(C)C(=O)[C@H]1CN(C(=O)OC(C)(C)C)C[C@@H]1CO. The number of aliphatic hydroxyl groups excluding tert-OH is 1. The molecule has 2 rings (SSSR count). The molecule has 0 radical (unpaired) electrons. The molecule has 1 fully saturated rings. The molecule has 1 N–H and O–H groups in total. The van der Waals surface area contributed by atoms with Crippen molar-refractivity contribution in [2.24, 2.45) is 17.8 Å². The Hall–Kier alpha value is -2.61. The predicted molar refractivity (Wildman–Crippen MR) is 120 cm³/mol. The number of carbonyl (C=O) groups is 3. The van der Waals surface area contributed by atoms with Crippen LogP contribution in [0.4, 0.5) is 4.79 Å². The fraction of sp³-hybridized carbons (Fsp3) is 0.625. The standard InChI is InChI=1S/C24H36N2O6/c1-16(2)20(22(29)31-15-17-10-8-7-9-11-17)25(6)21(28)19-13-26(12-18(19)14-27)23(30)32-24(3,4)5/h7-11,16,18-20,27H,12-15H2,1-6H3/t18-,19+,20+/m1/s1. The van der Waals surface area contributed by atoms with Crippen molar-refractivity contribution >= 4 is 18.0 Å². The van der Waals surface area contributed by atoms with Crippen LogP contribution in [0.1, 0.15) is 40.2 Å². The Labute approximate surface area is 190 Å². The first-order valence-electron chi connectivity index (χ1n) is 11.0. The smallest absolute Gasteiger partial charge is 0.410 e. The van der Waals surface area contributed by atoms with E-state index < -0.39 is 35.5 Å². The highest BCUT2D eigenvalue weighted by molar-refractivity contribution is 5.87. The van der Waals surface area contributed by atoms with Crippen LogP contribution in [0.5, 0.6) is 0 Å². The highest BCUT2D eigenvalue weighted by Gasteiger charge is 2.44. The number of amides is 2. The lowest BCUT2D eigenvalue weighted by molar-refractivity contribution is -0.158. The van der Waals surface area contributed by atoms with E-state index in [0.717, 1.165) is 5.56 Å². The van der Waals surface area contributed by atoms with Crippen LogP contribution in [0.25, 0.3) is 0 Å². The van der Waals surface area contributed by atoms with Crippen molar-refractivity contribution in [3.05, 3.63) is 35.9 Å². The van der Waals surface area contributed by atoms with Crippen LogP contribution in [0.3, 0.4) is 0 Å². The summed E-state index contributed by atoms with van der Waals surface area (Å²) in [6.07, 6.45) is -0.517. The van der Waals surface area contributed by atoms with Crippen LogP contribution < -0.4 is 0 Å². The first kappa shape index (κ1) is 25.6. The third-order valence-corrected chi connectivity index (χ3v) is 5.51. The topological polar surface area (TPSA) is 96.4 Å². The highest BCUT2D eigenvalue weighted by atomic mass is 16.6. The summed E-state index contributed by atoms with van der Waals surface area (Å²) in [6, 6.07) is 8.56. The fourth-order valence-electron chi connectivity index (χ4n) is 3.90. The molecule has 0 bridgehead atoms. The van der Waals surface area contributed by atoms with E-state index in [2.05, 4.69) is 0 Å². The number of benzene rings is 1. The molecule has 32 heavy (non-hydrogen) atoms. The van der Waals surface area contributed by atoms with Crippen molar-refractivity contribution in [1.29, 1.82) is 0 Å². The third-order valence-electron chi connectivity index (χ3n) is 5.51. The zero-order chi connectivity index (χ0) is 24.1. The molecule has 0 aliphatic carbocycles. The van der Waals surface area contributed by atoms with E-state index in [1.165, 1.54) is 9.80 Å². The molecule has 8 nitrogen and oxygen atoms in total. The van der Waals surface area contributed by atoms with Gasteiger partial charge in [-0.3, -0.25) is 4.79 Å². The molecule has 2 amide bonds. The second kappa shape index (κ2) is 10.8. The van der Waals surface area contributed by atoms with Crippen LogP contribution in [-0.2, 0) is 25.7 Å². The number of hydrogen-bond donors (Lipinski definition) is 1. The predicted octanol–water partition coefficient (Wildman–Crippen LogP) is 2.69. The Kier molecular flexibility index (Phi) is 8.66. The molecule has 3 atom stereocenters. The number of nitrogens with zero attached hydrogens (tertiary/aromatic N) is 2. The molecule has 1 aromatic carbocycles. The summed E-state index contributed by atoms with van der Waals surface area (Å²) in [5.41, 5.74) is 0.206. The number of aliphatic hydroxyl groups is 1. The van der Waals surface area contributed by atoms with Crippen molar-refractivity contribution in [1.82, 2.24) is 9.80 Å². The summed E-state index contributed by atoms with van der Waals surface area (Å²) in [6.45, 7) is 9.26. The van der Waals surface area contributed by atoms with Gasteiger partial charge in [0.2, 0.25) is 5.91 Å². The summed E-state index contributed by atoms with van der Waals surface area (Å²) in [7, 11) is 1.57. The number of esters is 1. The molecule has 178 valence electrons. The van der Waals surface area contributed by atoms with E-state index in [4.69, 9.17) is 9.47 Å². The van der Waals surface area contributed by atoms with Crippen LogP contribution in [0.15, 0.2) is 30.3 Å². The summed E-state index contributed by atoms with van der Waals surface area (Å²) < 4.78 is 10.9. The summed E-state index contributed by atoms with van der Waals surface area (Å²) in [5.74, 6) is -2.01. The van der Waals surface area contributed by atoms with Gasteiger partial charge in [-0.2, -0.15) is 0 Å². The van der Waals surface area contributed by atoms with Crippen LogP contribution in [0.2, 0.25) is 0 Å². The normalized spacial score (nSPS) is 19.6. The average molecular weight is 449 g/mol. The number of likely N-dealkylation sites (N-methyl/N-ethyl adjacent to an activating group) is 1. The lowest BCUT2D eigenvalue weighted by Crippen LogP contribution is -2.50. The van der Waals surface area contributed by atoms with Crippen LogP contribution in [-0.4, -0.2) is 71.3 Å². The second-order valence-electron chi connectivity index (χ2n) is 9.67. The quantitative estimate of drug-likeness (QED) is 0.645. The largest absolute Gasteiger partial charge is 0.459 e. The van der Waals surface area contributed by atoms with E-state index in [1.807, 2.05) is 44.2 Å². The molecule has 1 aliphatic rings. The number of ether oxygens (including phenoxy) is 2. The third kappa shape index (κ3) is 6.69. The van der Waals surface area contributed by atoms with Gasteiger partial charge in [0, 0.05) is 32.7 Å². The van der Waals surface area contributed by atoms with E-state index in [-0.39, 0.29) is 38.1 Å². The Morgan fingerprint density at radius 3 is 2.31 bits per heavy atom. The van der Waals surface area contributed by atoms with Crippen molar-refractivity contribution in [3.8, 4) is 0 Å². The Bertz CT molecular complexity index is 789. The minimum atomic E-state index is -0.777. The highest BCUT2D eigenvalue weighted by Crippen LogP contribution is 2.28. The van der Waals surface area contributed by atoms with Crippen molar-refractivity contribution < 1.29 is 29.0 Å². The molecular formula is C24H36N2O6. The fourth-order valence-corrected chi connectivity index (χ4v) is 3.90. The lowest BCUT2D eigenvalue weighted by atomic mass is 9.93. The van der Waals surface area contributed by atoms with E-state index in [1.54, 1.807) is 27.8 Å². The number of carbonyl (C=O) groups excluding carboxylic acids is 3. The second-order valence-corrected chi connectivity index (χ2v) is 9.67. The Morgan fingerprint density at radius 1 is 1.16 bits per heavy atom. The van der Waals surface area contributed by atoms with Gasteiger partial charge >= 0.3 is 12.1 Å². The van der Waals surface area contributed by atoms with Crippen molar-refractivity contribution in [2.75, 3.05) is 26.7 Å². The number of hydrogen-bond acceptors (Lipinski definition) is 6. The van der Waals surface area contributed by atoms with Gasteiger partial charge in [-0.15, -0.1) is 0 Å². The van der Waals surface area contributed by atoms with Gasteiger partial charge in [0.25, 0.3) is 0 Å². The molecule has 0 unspecified atom stereocenters. The average Bonchev–Trinajstić information content (AvgIpc) is 3.15. The van der Waals surface area contributed by atoms with Crippen molar-refractivity contribution in [2.45, 2.75) is 52.9 Å². The molecule has 0 spiro atoms. The maximum atomic E-state index is 13.3. The molecule has 0 aromatic heterocycles. The van der Waals surface area contributed by atoms with E-state index in [0.29, 0.717) is 0 Å². The first-order chi connectivity index (χ1) is 14.9. The summed E-state index contributed by atoms with van der Waals surface area (Å²) in [5, 5.41) is 9.83. The van der Waals surface area contributed by atoms with Gasteiger partial charge in [0.05, 0.1) is 5.92 Å². The minimum Gasteiger partial charge on any atom is -0.459 e. The zero-order valence-corrected chi connectivity index (χ0v) is 19.9. The minimum absolute atomic E-state index is 0.125. The van der Waals surface area contributed by atoms with Crippen molar-refractivity contribution in [3.63, 3.8) is 0 Å². The summed E-state index contributed by atoms with van der Waals surface area (Å²) >= 11 is 0. The monoisotopic (exact) mass is 448 g/mol. The molecule has 1 aromatic rings. The molecule has 1 saturated heterocycles. The maximum absolute atomic E-state index is 13.3. The maximum Gasteiger partial charge on any atom is 0.410 e. The Morgan fingerprint density at radius 2 is 1.78 bits per heavy atom. The lowest BCUT2D eigenvalue weighted by Gasteiger charge is -2.32. The van der Waals surface area contributed by atoms with Gasteiger partial charge in [0.15, 0.2) is 0 Å². The van der Waals surface area contributed by atoms with Gasteiger partial charge in [-0.25, -0.2) is 9.59 Å². The summed E-state index contributed by atoms with van der Waals surface area (Å²) in [4.78, 5) is 41.5. The Balaban J connectivity index is 2.08. The number of rotatable bonds is 7. The number of likely N-dealkylation sites (tertiary alicyclic amines) is 1. The molecule has 1 aliphatic heterocycles.